The predicted molar refractivity (Wildman–Crippen MR) is 139 cm³/mol. The molecule has 0 bridgehead atoms. The lowest BCUT2D eigenvalue weighted by molar-refractivity contribution is -0.178. The number of esters is 3. The van der Waals surface area contributed by atoms with Gasteiger partial charge < -0.3 is 14.2 Å². The number of ether oxygens (including phenoxy) is 3. The number of allylic oxidation sites excluding steroid dienone is 1. The third kappa shape index (κ3) is 4.93. The van der Waals surface area contributed by atoms with E-state index in [1.54, 1.807) is 25.3 Å². The van der Waals surface area contributed by atoms with Crippen LogP contribution < -0.4 is 0 Å². The maximum atomic E-state index is 14.3. The van der Waals surface area contributed by atoms with Gasteiger partial charge in [-0.15, -0.1) is 0 Å². The van der Waals surface area contributed by atoms with Gasteiger partial charge in [0.25, 0.3) is 0 Å². The number of Topliss-reactive ketones (excluding diaryl/α,β-unsaturated/α-hetero) is 1. The number of carbonyl (C=O) groups excluding carboxylic acids is 4. The van der Waals surface area contributed by atoms with E-state index in [-0.39, 0.29) is 35.0 Å². The lowest BCUT2D eigenvalue weighted by Gasteiger charge is -2.40. The molecule has 0 aliphatic heterocycles. The lowest BCUT2D eigenvalue weighted by atomic mass is 9.76. The summed E-state index contributed by atoms with van der Waals surface area (Å²) in [7, 11) is 0. The highest BCUT2D eigenvalue weighted by atomic mass is 16.6. The lowest BCUT2D eigenvalue weighted by Crippen LogP contribution is -2.55. The van der Waals surface area contributed by atoms with Gasteiger partial charge in [-0.3, -0.25) is 19.4 Å². The molecule has 3 aliphatic rings. The molecule has 1 heterocycles. The second-order valence-electron chi connectivity index (χ2n) is 11.7. The van der Waals surface area contributed by atoms with E-state index in [9.17, 15) is 19.2 Å². The molecule has 0 aromatic carbocycles. The van der Waals surface area contributed by atoms with Crippen LogP contribution in [0.1, 0.15) is 71.2 Å². The van der Waals surface area contributed by atoms with Crippen molar-refractivity contribution in [1.82, 2.24) is 4.98 Å². The summed E-state index contributed by atoms with van der Waals surface area (Å²) < 4.78 is 17.8. The highest BCUT2D eigenvalue weighted by Gasteiger charge is 2.65. The predicted octanol–water partition coefficient (Wildman–Crippen LogP) is 4.63. The van der Waals surface area contributed by atoms with E-state index in [1.807, 2.05) is 13.0 Å². The number of hydrogen-bond donors (Lipinski definition) is 0. The SMILES string of the molecule is C=C1CC[C@H]2[C@@H](/C=C(\C)C(=O)[C@@]3(OC(C)=O)C[C@H](C)[C@H](OC(C)=O)[C@@H]3[C@@H]1OC(=O)c1cccnc1)C2(C)C. The minimum absolute atomic E-state index is 0.000139. The van der Waals surface area contributed by atoms with Crippen molar-refractivity contribution < 1.29 is 33.4 Å². The summed E-state index contributed by atoms with van der Waals surface area (Å²) in [6.07, 6.45) is 4.47. The average molecular weight is 524 g/mol. The van der Waals surface area contributed by atoms with Crippen LogP contribution in [0.5, 0.6) is 0 Å². The smallest absolute Gasteiger partial charge is 0.340 e. The fraction of sp³-hybridized carbons (Fsp3) is 0.567. The molecule has 0 saturated heterocycles. The number of pyridine rings is 1. The van der Waals surface area contributed by atoms with Gasteiger partial charge in [0, 0.05) is 32.7 Å². The van der Waals surface area contributed by atoms with Crippen molar-refractivity contribution >= 4 is 23.7 Å². The summed E-state index contributed by atoms with van der Waals surface area (Å²) in [5.74, 6) is -3.03. The topological polar surface area (TPSA) is 109 Å². The Bertz CT molecular complexity index is 1190. The molecule has 7 atom stereocenters. The molecule has 3 aliphatic carbocycles. The van der Waals surface area contributed by atoms with Gasteiger partial charge in [-0.1, -0.05) is 33.4 Å². The first-order valence-corrected chi connectivity index (χ1v) is 13.2. The Morgan fingerprint density at radius 3 is 2.45 bits per heavy atom. The van der Waals surface area contributed by atoms with Crippen LogP contribution in [-0.4, -0.2) is 46.5 Å². The van der Waals surface area contributed by atoms with Crippen molar-refractivity contribution in [3.63, 3.8) is 0 Å². The van der Waals surface area contributed by atoms with E-state index in [0.29, 0.717) is 23.5 Å². The van der Waals surface area contributed by atoms with E-state index in [2.05, 4.69) is 25.4 Å². The molecule has 1 aromatic heterocycles. The zero-order valence-electron chi connectivity index (χ0n) is 23.0. The molecular weight excluding hydrogens is 486 g/mol. The number of aromatic nitrogens is 1. The van der Waals surface area contributed by atoms with E-state index in [0.717, 1.165) is 6.42 Å². The van der Waals surface area contributed by atoms with Gasteiger partial charge in [-0.2, -0.15) is 0 Å². The number of rotatable bonds is 4. The Labute approximate surface area is 223 Å². The molecule has 2 fully saturated rings. The molecule has 8 heteroatoms. The average Bonchev–Trinajstić information content (AvgIpc) is 3.24. The van der Waals surface area contributed by atoms with E-state index in [1.165, 1.54) is 20.0 Å². The second kappa shape index (κ2) is 10.1. The Balaban J connectivity index is 1.89. The number of fused-ring (bicyclic) bond motifs is 2. The highest BCUT2D eigenvalue weighted by molar-refractivity contribution is 6.03. The molecule has 0 unspecified atom stereocenters. The Kier molecular flexibility index (Phi) is 7.38. The number of ketones is 1. The molecule has 4 rings (SSSR count). The van der Waals surface area contributed by atoms with Crippen molar-refractivity contribution in [2.24, 2.45) is 29.1 Å². The van der Waals surface area contributed by atoms with Crippen LogP contribution in [0.4, 0.5) is 0 Å². The first-order chi connectivity index (χ1) is 17.8. The molecule has 0 spiro atoms. The highest BCUT2D eigenvalue weighted by Crippen LogP contribution is 2.62. The summed E-state index contributed by atoms with van der Waals surface area (Å²) in [6, 6.07) is 3.21. The van der Waals surface area contributed by atoms with Crippen LogP contribution in [0, 0.1) is 29.1 Å². The number of carbonyl (C=O) groups is 4. The molecule has 38 heavy (non-hydrogen) atoms. The molecule has 2 saturated carbocycles. The zero-order chi connectivity index (χ0) is 28.0. The fourth-order valence-electron chi connectivity index (χ4n) is 6.71. The Morgan fingerprint density at radius 2 is 1.84 bits per heavy atom. The fourth-order valence-corrected chi connectivity index (χ4v) is 6.71. The molecule has 204 valence electrons. The largest absolute Gasteiger partial charge is 0.462 e. The Morgan fingerprint density at radius 1 is 1.13 bits per heavy atom. The van der Waals surface area contributed by atoms with Gasteiger partial charge in [0.1, 0.15) is 12.2 Å². The van der Waals surface area contributed by atoms with Gasteiger partial charge in [0.15, 0.2) is 5.60 Å². The molecule has 1 aromatic rings. The van der Waals surface area contributed by atoms with Gasteiger partial charge in [-0.05, 0) is 66.2 Å². The summed E-state index contributed by atoms with van der Waals surface area (Å²) in [6.45, 7) is 14.8. The minimum Gasteiger partial charge on any atom is -0.462 e. The van der Waals surface area contributed by atoms with Crippen LogP contribution in [0.3, 0.4) is 0 Å². The summed E-state index contributed by atoms with van der Waals surface area (Å²) >= 11 is 0. The van der Waals surface area contributed by atoms with Crippen LogP contribution in [0.2, 0.25) is 0 Å². The third-order valence-corrected chi connectivity index (χ3v) is 8.65. The maximum absolute atomic E-state index is 14.3. The molecule has 0 amide bonds. The number of hydrogen-bond acceptors (Lipinski definition) is 8. The molecule has 0 N–H and O–H groups in total. The molecule has 0 radical (unpaired) electrons. The van der Waals surface area contributed by atoms with E-state index >= 15 is 0 Å². The van der Waals surface area contributed by atoms with Crippen molar-refractivity contribution in [2.45, 2.75) is 78.6 Å². The normalized spacial score (nSPS) is 35.5. The van der Waals surface area contributed by atoms with Crippen molar-refractivity contribution in [2.75, 3.05) is 0 Å². The Hall–Kier alpha value is -3.29. The minimum atomic E-state index is -1.70. The first-order valence-electron chi connectivity index (χ1n) is 13.2. The van der Waals surface area contributed by atoms with Gasteiger partial charge >= 0.3 is 17.9 Å². The van der Waals surface area contributed by atoms with Crippen LogP contribution in [-0.2, 0) is 28.6 Å². The van der Waals surface area contributed by atoms with Gasteiger partial charge in [0.05, 0.1) is 11.5 Å². The quantitative estimate of drug-likeness (QED) is 0.319. The van der Waals surface area contributed by atoms with Gasteiger partial charge in [-0.25, -0.2) is 4.79 Å². The monoisotopic (exact) mass is 523 g/mol. The van der Waals surface area contributed by atoms with Crippen molar-refractivity contribution in [3.05, 3.63) is 53.9 Å². The molecular formula is C30H37NO7. The van der Waals surface area contributed by atoms with E-state index in [4.69, 9.17) is 14.2 Å². The molecule has 8 nitrogen and oxygen atoms in total. The maximum Gasteiger partial charge on any atom is 0.340 e. The van der Waals surface area contributed by atoms with E-state index < -0.39 is 41.6 Å². The second-order valence-corrected chi connectivity index (χ2v) is 11.7. The van der Waals surface area contributed by atoms with Gasteiger partial charge in [0.2, 0.25) is 5.78 Å². The summed E-state index contributed by atoms with van der Waals surface area (Å²) in [5.41, 5.74) is -0.400. The summed E-state index contributed by atoms with van der Waals surface area (Å²) in [5, 5.41) is 0. The first kappa shape index (κ1) is 27.7. The van der Waals surface area contributed by atoms with Crippen LogP contribution in [0.25, 0.3) is 0 Å². The zero-order valence-corrected chi connectivity index (χ0v) is 23.0. The van der Waals surface area contributed by atoms with Crippen molar-refractivity contribution in [3.8, 4) is 0 Å². The third-order valence-electron chi connectivity index (χ3n) is 8.65. The standard InChI is InChI=1S/C30H37NO7/c1-16-10-11-22-23(29(22,6)7)13-17(2)27(34)30(38-20(5)33)14-18(3)26(36-19(4)32)24(30)25(16)37-28(35)21-9-8-12-31-15-21/h8-9,12-13,15,18,22-26H,1,10-11,14H2,2-7H3/b17-13+/t18-,22-,23+,24-,25+,26-,30+/m0/s1. The van der Waals surface area contributed by atoms with Crippen molar-refractivity contribution in [1.29, 1.82) is 0 Å². The van der Waals surface area contributed by atoms with Crippen LogP contribution in [0.15, 0.2) is 48.3 Å². The summed E-state index contributed by atoms with van der Waals surface area (Å²) in [4.78, 5) is 56.4. The number of nitrogens with zero attached hydrogens (tertiary/aromatic N) is 1. The van der Waals surface area contributed by atoms with Crippen LogP contribution >= 0.6 is 0 Å².